The summed E-state index contributed by atoms with van der Waals surface area (Å²) in [5.74, 6) is -0.718. The molecule has 120 valence electrons. The molecule has 1 atom stereocenters. The van der Waals surface area contributed by atoms with Crippen LogP contribution in [-0.2, 0) is 14.3 Å². The molecular weight excluding hydrogens is 300 g/mol. The summed E-state index contributed by atoms with van der Waals surface area (Å²) in [5.41, 5.74) is -1.49. The molecule has 1 fully saturated rings. The van der Waals surface area contributed by atoms with E-state index in [1.807, 2.05) is 6.26 Å². The molecule has 22 heavy (non-hydrogen) atoms. The fourth-order valence-electron chi connectivity index (χ4n) is 3.68. The SMILES string of the molecule is CCOC(=O)C1=C(SC)NC(=O)[C@@](C)(C#N)C12CCCCC2. The normalized spacial score (nSPS) is 27.3. The predicted octanol–water partition coefficient (Wildman–Crippen LogP) is 2.73. The van der Waals surface area contributed by atoms with E-state index in [0.29, 0.717) is 23.4 Å². The molecular formula is C16H22N2O3S. The van der Waals surface area contributed by atoms with E-state index >= 15 is 0 Å². The van der Waals surface area contributed by atoms with Crippen molar-refractivity contribution in [2.45, 2.75) is 46.0 Å². The fourth-order valence-corrected chi connectivity index (χ4v) is 4.36. The largest absolute Gasteiger partial charge is 0.463 e. The summed E-state index contributed by atoms with van der Waals surface area (Å²) in [7, 11) is 0. The Bertz CT molecular complexity index is 558. The lowest BCUT2D eigenvalue weighted by Crippen LogP contribution is -2.57. The quantitative estimate of drug-likeness (QED) is 0.808. The van der Waals surface area contributed by atoms with Crippen molar-refractivity contribution >= 4 is 23.6 Å². The van der Waals surface area contributed by atoms with Crippen molar-refractivity contribution in [1.82, 2.24) is 5.32 Å². The van der Waals surface area contributed by atoms with Gasteiger partial charge in [-0.25, -0.2) is 4.79 Å². The number of hydrogen-bond donors (Lipinski definition) is 1. The van der Waals surface area contributed by atoms with Crippen LogP contribution < -0.4 is 5.32 Å². The number of amides is 1. The second-order valence-corrected chi connectivity index (χ2v) is 6.78. The van der Waals surface area contributed by atoms with Crippen LogP contribution in [0.4, 0.5) is 0 Å². The van der Waals surface area contributed by atoms with Gasteiger partial charge < -0.3 is 10.1 Å². The van der Waals surface area contributed by atoms with Crippen molar-refractivity contribution < 1.29 is 14.3 Å². The molecule has 1 aliphatic carbocycles. The van der Waals surface area contributed by atoms with E-state index in [9.17, 15) is 14.9 Å². The lowest BCUT2D eigenvalue weighted by atomic mass is 9.53. The first-order chi connectivity index (χ1) is 10.5. The molecule has 1 N–H and O–H groups in total. The summed E-state index contributed by atoms with van der Waals surface area (Å²) in [4.78, 5) is 25.2. The zero-order valence-electron chi connectivity index (χ0n) is 13.3. The Kier molecular flexibility index (Phi) is 4.86. The number of ether oxygens (including phenoxy) is 1. The van der Waals surface area contributed by atoms with Gasteiger partial charge in [-0.2, -0.15) is 5.26 Å². The molecule has 0 aromatic carbocycles. The summed E-state index contributed by atoms with van der Waals surface area (Å²) in [5, 5.41) is 13.0. The molecule has 1 amide bonds. The highest BCUT2D eigenvalue weighted by Crippen LogP contribution is 2.58. The monoisotopic (exact) mass is 322 g/mol. The lowest BCUT2D eigenvalue weighted by Gasteiger charge is -2.49. The molecule has 5 nitrogen and oxygen atoms in total. The number of rotatable bonds is 3. The van der Waals surface area contributed by atoms with Gasteiger partial charge in [-0.15, -0.1) is 11.8 Å². The topological polar surface area (TPSA) is 79.2 Å². The maximum atomic E-state index is 12.6. The third-order valence-electron chi connectivity index (χ3n) is 4.96. The molecule has 1 spiro atoms. The van der Waals surface area contributed by atoms with E-state index in [4.69, 9.17) is 4.74 Å². The molecule has 0 radical (unpaired) electrons. The molecule has 0 unspecified atom stereocenters. The van der Waals surface area contributed by atoms with Gasteiger partial charge in [0.25, 0.3) is 0 Å². The number of nitriles is 1. The van der Waals surface area contributed by atoms with Crippen LogP contribution in [0.1, 0.15) is 46.0 Å². The van der Waals surface area contributed by atoms with Crippen molar-refractivity contribution in [3.05, 3.63) is 10.6 Å². The Balaban J connectivity index is 2.67. The Morgan fingerprint density at radius 2 is 2.05 bits per heavy atom. The first kappa shape index (κ1) is 16.9. The van der Waals surface area contributed by atoms with Crippen LogP contribution in [0.3, 0.4) is 0 Å². The second kappa shape index (κ2) is 6.33. The zero-order chi connectivity index (χ0) is 16.4. The third kappa shape index (κ3) is 2.32. The molecule has 6 heteroatoms. The fraction of sp³-hybridized carbons (Fsp3) is 0.688. The summed E-state index contributed by atoms with van der Waals surface area (Å²) in [6.45, 7) is 3.69. The minimum absolute atomic E-state index is 0.275. The highest BCUT2D eigenvalue weighted by molar-refractivity contribution is 8.02. The first-order valence-corrected chi connectivity index (χ1v) is 8.88. The van der Waals surface area contributed by atoms with Gasteiger partial charge >= 0.3 is 5.97 Å². The minimum atomic E-state index is -1.24. The molecule has 1 aliphatic heterocycles. The van der Waals surface area contributed by atoms with Gasteiger partial charge in [0.15, 0.2) is 0 Å². The standard InChI is InChI=1S/C16H22N2O3S/c1-4-21-13(19)11-12(22-3)18-14(20)15(2,10-17)16(11)8-6-5-7-9-16/h4-9H2,1-3H3,(H,18,20)/t15-/m1/s1. The van der Waals surface area contributed by atoms with Gasteiger partial charge in [-0.05, 0) is 32.9 Å². The molecule has 1 heterocycles. The predicted molar refractivity (Wildman–Crippen MR) is 84.6 cm³/mol. The number of esters is 1. The van der Waals surface area contributed by atoms with E-state index in [1.54, 1.807) is 13.8 Å². The Hall–Kier alpha value is -1.48. The van der Waals surface area contributed by atoms with Crippen molar-refractivity contribution in [2.75, 3.05) is 12.9 Å². The number of carbonyl (C=O) groups excluding carboxylic acids is 2. The summed E-state index contributed by atoms with van der Waals surface area (Å²) in [6, 6.07) is 2.20. The molecule has 0 aromatic heterocycles. The Morgan fingerprint density at radius 1 is 1.41 bits per heavy atom. The average Bonchev–Trinajstić information content (AvgIpc) is 2.53. The van der Waals surface area contributed by atoms with Crippen LogP contribution in [0.25, 0.3) is 0 Å². The van der Waals surface area contributed by atoms with Crippen LogP contribution in [-0.4, -0.2) is 24.7 Å². The summed E-state index contributed by atoms with van der Waals surface area (Å²) >= 11 is 1.33. The van der Waals surface area contributed by atoms with Gasteiger partial charge in [0, 0.05) is 5.41 Å². The van der Waals surface area contributed by atoms with Crippen LogP contribution in [0.5, 0.6) is 0 Å². The highest BCUT2D eigenvalue weighted by atomic mass is 32.2. The first-order valence-electron chi connectivity index (χ1n) is 7.65. The highest BCUT2D eigenvalue weighted by Gasteiger charge is 2.61. The zero-order valence-corrected chi connectivity index (χ0v) is 14.1. The molecule has 2 rings (SSSR count). The third-order valence-corrected chi connectivity index (χ3v) is 5.67. The van der Waals surface area contributed by atoms with Gasteiger partial charge in [0.2, 0.25) is 5.91 Å². The summed E-state index contributed by atoms with van der Waals surface area (Å²) in [6.07, 6.45) is 6.05. The van der Waals surface area contributed by atoms with Gasteiger partial charge in [0.05, 0.1) is 23.3 Å². The Labute approximate surface area is 135 Å². The molecule has 1 saturated carbocycles. The van der Waals surface area contributed by atoms with Crippen molar-refractivity contribution in [1.29, 1.82) is 5.26 Å². The molecule has 0 aromatic rings. The average molecular weight is 322 g/mol. The minimum Gasteiger partial charge on any atom is -0.463 e. The van der Waals surface area contributed by atoms with Crippen molar-refractivity contribution in [2.24, 2.45) is 10.8 Å². The number of thioether (sulfide) groups is 1. The smallest absolute Gasteiger partial charge is 0.337 e. The van der Waals surface area contributed by atoms with E-state index in [-0.39, 0.29) is 12.5 Å². The molecule has 0 saturated heterocycles. The molecule has 0 bridgehead atoms. The van der Waals surface area contributed by atoms with Gasteiger partial charge in [0.1, 0.15) is 5.41 Å². The van der Waals surface area contributed by atoms with Crippen molar-refractivity contribution in [3.8, 4) is 6.07 Å². The van der Waals surface area contributed by atoms with Gasteiger partial charge in [-0.3, -0.25) is 4.79 Å². The Morgan fingerprint density at radius 3 is 2.55 bits per heavy atom. The maximum Gasteiger partial charge on any atom is 0.337 e. The molecule has 2 aliphatic rings. The van der Waals surface area contributed by atoms with E-state index < -0.39 is 16.8 Å². The number of hydrogen-bond acceptors (Lipinski definition) is 5. The number of nitrogens with zero attached hydrogens (tertiary/aromatic N) is 1. The number of carbonyl (C=O) groups is 2. The van der Waals surface area contributed by atoms with E-state index in [2.05, 4.69) is 11.4 Å². The van der Waals surface area contributed by atoms with Gasteiger partial charge in [-0.1, -0.05) is 19.3 Å². The van der Waals surface area contributed by atoms with Crippen LogP contribution in [0.2, 0.25) is 0 Å². The maximum absolute atomic E-state index is 12.6. The summed E-state index contributed by atoms with van der Waals surface area (Å²) < 4.78 is 5.24. The van der Waals surface area contributed by atoms with E-state index in [1.165, 1.54) is 11.8 Å². The second-order valence-electron chi connectivity index (χ2n) is 5.96. The van der Waals surface area contributed by atoms with Crippen LogP contribution in [0, 0.1) is 22.2 Å². The van der Waals surface area contributed by atoms with Crippen molar-refractivity contribution in [3.63, 3.8) is 0 Å². The van der Waals surface area contributed by atoms with Crippen LogP contribution >= 0.6 is 11.8 Å². The lowest BCUT2D eigenvalue weighted by molar-refractivity contribution is -0.144. The number of nitrogens with one attached hydrogen (secondary N) is 1. The van der Waals surface area contributed by atoms with Crippen LogP contribution in [0.15, 0.2) is 10.6 Å². The van der Waals surface area contributed by atoms with E-state index in [0.717, 1.165) is 19.3 Å².